The predicted molar refractivity (Wildman–Crippen MR) is 82.2 cm³/mol. The maximum atomic E-state index is 13.8. The summed E-state index contributed by atoms with van der Waals surface area (Å²) in [6, 6.07) is 6.96. The molecule has 0 bridgehead atoms. The van der Waals surface area contributed by atoms with Gasteiger partial charge in [-0.15, -0.1) is 6.42 Å². The normalized spacial score (nSPS) is 13.9. The Morgan fingerprint density at radius 1 is 1.43 bits per heavy atom. The molecule has 116 valence electrons. The van der Waals surface area contributed by atoms with E-state index in [0.29, 0.717) is 18.7 Å². The number of rotatable bonds is 9. The highest BCUT2D eigenvalue weighted by Gasteiger charge is 2.18. The number of terminal acetylenes is 1. The molecule has 0 heterocycles. The van der Waals surface area contributed by atoms with E-state index in [0.717, 1.165) is 6.42 Å². The number of halogens is 1. The highest BCUT2D eigenvalue weighted by molar-refractivity contribution is 5.17. The summed E-state index contributed by atoms with van der Waals surface area (Å²) in [6.07, 6.45) is 5.38. The van der Waals surface area contributed by atoms with Gasteiger partial charge in [0.05, 0.1) is 12.7 Å². The van der Waals surface area contributed by atoms with Gasteiger partial charge in [-0.05, 0) is 19.4 Å². The summed E-state index contributed by atoms with van der Waals surface area (Å²) in [5.74, 6) is 2.14. The van der Waals surface area contributed by atoms with Gasteiger partial charge >= 0.3 is 0 Å². The van der Waals surface area contributed by atoms with Gasteiger partial charge in [0.1, 0.15) is 12.4 Å². The molecule has 0 amide bonds. The average Bonchev–Trinajstić information content (AvgIpc) is 2.48. The molecule has 1 aromatic rings. The summed E-state index contributed by atoms with van der Waals surface area (Å²) in [5, 5.41) is 10.0. The van der Waals surface area contributed by atoms with Crippen molar-refractivity contribution in [2.75, 3.05) is 19.8 Å². The first kappa shape index (κ1) is 17.6. The number of hydrogen-bond acceptors (Lipinski definition) is 3. The second-order valence-corrected chi connectivity index (χ2v) is 5.15. The Hall–Kier alpha value is -1.41. The van der Waals surface area contributed by atoms with Gasteiger partial charge in [0.2, 0.25) is 0 Å². The maximum absolute atomic E-state index is 13.8. The van der Waals surface area contributed by atoms with Crippen LogP contribution in [0.2, 0.25) is 0 Å². The van der Waals surface area contributed by atoms with Gasteiger partial charge in [0, 0.05) is 24.7 Å². The fourth-order valence-corrected chi connectivity index (χ4v) is 2.08. The van der Waals surface area contributed by atoms with E-state index in [1.807, 2.05) is 6.07 Å². The molecular formula is C17H24FNO2. The number of ether oxygens (including phenoxy) is 1. The molecule has 0 saturated carbocycles. The van der Waals surface area contributed by atoms with Crippen LogP contribution < -0.4 is 0 Å². The summed E-state index contributed by atoms with van der Waals surface area (Å²) in [6.45, 7) is 5.40. The molecule has 0 aliphatic heterocycles. The lowest BCUT2D eigenvalue weighted by atomic mass is 10.1. The van der Waals surface area contributed by atoms with E-state index in [-0.39, 0.29) is 25.1 Å². The van der Waals surface area contributed by atoms with Crippen LogP contribution >= 0.6 is 0 Å². The zero-order chi connectivity index (χ0) is 15.7. The molecule has 0 fully saturated rings. The number of hydrogen-bond donors (Lipinski definition) is 1. The van der Waals surface area contributed by atoms with Crippen LogP contribution in [0.3, 0.4) is 0 Å². The van der Waals surface area contributed by atoms with Gasteiger partial charge in [-0.3, -0.25) is 4.90 Å². The second-order valence-electron chi connectivity index (χ2n) is 5.15. The zero-order valence-electron chi connectivity index (χ0n) is 12.8. The number of nitrogens with zero attached hydrogens (tertiary/aromatic N) is 1. The Morgan fingerprint density at radius 3 is 2.76 bits per heavy atom. The van der Waals surface area contributed by atoms with E-state index in [2.05, 4.69) is 24.7 Å². The summed E-state index contributed by atoms with van der Waals surface area (Å²) in [5.41, 5.74) is 0.634. The van der Waals surface area contributed by atoms with E-state index in [1.165, 1.54) is 6.07 Å². The van der Waals surface area contributed by atoms with Gasteiger partial charge in [-0.2, -0.15) is 0 Å². The minimum absolute atomic E-state index is 0.188. The highest BCUT2D eigenvalue weighted by Crippen LogP contribution is 2.14. The van der Waals surface area contributed by atoms with Crippen molar-refractivity contribution in [2.45, 2.75) is 39.0 Å². The summed E-state index contributed by atoms with van der Waals surface area (Å²) in [7, 11) is 0. The first-order valence-corrected chi connectivity index (χ1v) is 7.25. The molecule has 0 aliphatic rings. The van der Waals surface area contributed by atoms with Crippen molar-refractivity contribution in [3.05, 3.63) is 35.6 Å². The Bertz CT molecular complexity index is 458. The van der Waals surface area contributed by atoms with E-state index in [4.69, 9.17) is 11.2 Å². The van der Waals surface area contributed by atoms with Crippen molar-refractivity contribution in [2.24, 2.45) is 0 Å². The van der Waals surface area contributed by atoms with Crippen LogP contribution in [0, 0.1) is 18.2 Å². The van der Waals surface area contributed by atoms with Crippen molar-refractivity contribution in [3.8, 4) is 12.3 Å². The lowest BCUT2D eigenvalue weighted by Gasteiger charge is -2.30. The van der Waals surface area contributed by atoms with Gasteiger partial charge in [0.15, 0.2) is 0 Å². The van der Waals surface area contributed by atoms with Crippen molar-refractivity contribution in [1.82, 2.24) is 4.90 Å². The van der Waals surface area contributed by atoms with Crippen LogP contribution in [0.15, 0.2) is 24.3 Å². The lowest BCUT2D eigenvalue weighted by molar-refractivity contribution is 0.0167. The molecule has 0 radical (unpaired) electrons. The third kappa shape index (κ3) is 6.26. The highest BCUT2D eigenvalue weighted by atomic mass is 19.1. The standard InChI is InChI=1S/C17H24FNO2/c1-4-10-21-13-16(20)12-19(14(3)5-2)11-15-8-6-7-9-17(15)18/h1,6-9,14,16,20H,5,10-13H2,2-3H3. The first-order chi connectivity index (χ1) is 10.1. The molecule has 2 atom stereocenters. The topological polar surface area (TPSA) is 32.7 Å². The van der Waals surface area contributed by atoms with Gasteiger partial charge < -0.3 is 9.84 Å². The van der Waals surface area contributed by atoms with Crippen molar-refractivity contribution in [3.63, 3.8) is 0 Å². The number of aliphatic hydroxyl groups excluding tert-OH is 1. The first-order valence-electron chi connectivity index (χ1n) is 7.25. The minimum atomic E-state index is -0.640. The smallest absolute Gasteiger partial charge is 0.127 e. The number of benzene rings is 1. The lowest BCUT2D eigenvalue weighted by Crippen LogP contribution is -2.40. The monoisotopic (exact) mass is 293 g/mol. The molecule has 1 rings (SSSR count). The maximum Gasteiger partial charge on any atom is 0.127 e. The second kappa shape index (κ2) is 9.51. The van der Waals surface area contributed by atoms with Gasteiger partial charge in [0.25, 0.3) is 0 Å². The summed E-state index contributed by atoms with van der Waals surface area (Å²) < 4.78 is 18.9. The minimum Gasteiger partial charge on any atom is -0.389 e. The average molecular weight is 293 g/mol. The predicted octanol–water partition coefficient (Wildman–Crippen LogP) is 2.44. The molecule has 0 aliphatic carbocycles. The van der Waals surface area contributed by atoms with Crippen LogP contribution in [0.25, 0.3) is 0 Å². The Kier molecular flexibility index (Phi) is 7.99. The van der Waals surface area contributed by atoms with Crippen LogP contribution in [0.1, 0.15) is 25.8 Å². The van der Waals surface area contributed by atoms with Crippen LogP contribution in [0.4, 0.5) is 4.39 Å². The molecular weight excluding hydrogens is 269 g/mol. The van der Waals surface area contributed by atoms with Gasteiger partial charge in [-0.25, -0.2) is 4.39 Å². The van der Waals surface area contributed by atoms with Crippen LogP contribution in [-0.2, 0) is 11.3 Å². The molecule has 1 aromatic carbocycles. The number of aliphatic hydroxyl groups is 1. The fraction of sp³-hybridized carbons (Fsp3) is 0.529. The quantitative estimate of drug-likeness (QED) is 0.561. The SMILES string of the molecule is C#CCOCC(O)CN(Cc1ccccc1F)C(C)CC. The molecule has 1 N–H and O–H groups in total. The van der Waals surface area contributed by atoms with Crippen LogP contribution in [-0.4, -0.2) is 41.9 Å². The molecule has 21 heavy (non-hydrogen) atoms. The van der Waals surface area contributed by atoms with E-state index in [9.17, 15) is 9.50 Å². The van der Waals surface area contributed by atoms with E-state index < -0.39 is 6.10 Å². The van der Waals surface area contributed by atoms with Crippen molar-refractivity contribution in [1.29, 1.82) is 0 Å². The molecule has 0 aromatic heterocycles. The largest absolute Gasteiger partial charge is 0.389 e. The summed E-state index contributed by atoms with van der Waals surface area (Å²) >= 11 is 0. The third-order valence-corrected chi connectivity index (χ3v) is 3.49. The van der Waals surface area contributed by atoms with E-state index in [1.54, 1.807) is 12.1 Å². The fourth-order valence-electron chi connectivity index (χ4n) is 2.08. The molecule has 4 heteroatoms. The van der Waals surface area contributed by atoms with Gasteiger partial charge in [-0.1, -0.05) is 31.0 Å². The third-order valence-electron chi connectivity index (χ3n) is 3.49. The molecule has 0 spiro atoms. The van der Waals surface area contributed by atoms with Crippen molar-refractivity contribution < 1.29 is 14.2 Å². The zero-order valence-corrected chi connectivity index (χ0v) is 12.8. The van der Waals surface area contributed by atoms with E-state index >= 15 is 0 Å². The molecule has 2 unspecified atom stereocenters. The molecule has 0 saturated heterocycles. The molecule has 3 nitrogen and oxygen atoms in total. The van der Waals surface area contributed by atoms with Crippen LogP contribution in [0.5, 0.6) is 0 Å². The van der Waals surface area contributed by atoms with Crippen molar-refractivity contribution >= 4 is 0 Å². The Labute approximate surface area is 126 Å². The summed E-state index contributed by atoms with van der Waals surface area (Å²) in [4.78, 5) is 2.06. The Morgan fingerprint density at radius 2 is 2.14 bits per heavy atom. The Balaban J connectivity index is 2.64.